The number of anilines is 1. The van der Waals surface area contributed by atoms with E-state index in [1.165, 1.54) is 43.1 Å². The second kappa shape index (κ2) is 19.2. The van der Waals surface area contributed by atoms with E-state index in [4.69, 9.17) is 16.4 Å². The minimum atomic E-state index is -1.11. The number of halogens is 3. The number of nitrogens with one attached hydrogen (secondary N) is 2. The quantitative estimate of drug-likeness (QED) is 0.175. The van der Waals surface area contributed by atoms with Crippen molar-refractivity contribution < 1.29 is 42.0 Å². The van der Waals surface area contributed by atoms with Crippen LogP contribution < -0.4 is 10.6 Å². The van der Waals surface area contributed by atoms with Crippen molar-refractivity contribution in [3.63, 3.8) is 0 Å². The normalized spacial score (nSPS) is 17.1. The number of imidazole rings is 1. The van der Waals surface area contributed by atoms with Crippen LogP contribution in [0.25, 0.3) is 22.4 Å². The summed E-state index contributed by atoms with van der Waals surface area (Å²) < 4.78 is 39.0. The number of rotatable bonds is 10. The highest BCUT2D eigenvalue weighted by Gasteiger charge is 2.39. The number of carbonyl (C=O) groups is 5. The first-order chi connectivity index (χ1) is 29.1. The van der Waals surface area contributed by atoms with Crippen LogP contribution in [0.15, 0.2) is 42.7 Å². The summed E-state index contributed by atoms with van der Waals surface area (Å²) in [6.07, 6.45) is 5.78. The number of hydrogen-bond donors (Lipinski definition) is 2. The number of nitrogens with zero attached hydrogens (tertiary/aromatic N) is 8. The van der Waals surface area contributed by atoms with E-state index in [1.807, 2.05) is 4.90 Å². The van der Waals surface area contributed by atoms with E-state index < -0.39 is 17.5 Å². The summed E-state index contributed by atoms with van der Waals surface area (Å²) >= 11 is 6.55. The SMILES string of the molecule is COC=O.Cc1nn(CCNC(=O)N2CCCC2)cc1-c1ccc(-c2cnc(C(=O)Nc3ccc(C(=O)N4CCN(C(=O)C5CC[N+](C)(C)C5)CC4)c(Cl)c3)n2C)c(F)c1F. The zero-order valence-corrected chi connectivity index (χ0v) is 35.8. The number of likely N-dealkylation sites (tertiary alicyclic amines) is 2. The highest BCUT2D eigenvalue weighted by atomic mass is 35.5. The van der Waals surface area contributed by atoms with Crippen LogP contribution in [-0.2, 0) is 27.9 Å². The third kappa shape index (κ3) is 10.2. The zero-order valence-electron chi connectivity index (χ0n) is 35.0. The molecule has 3 saturated heterocycles. The molecule has 326 valence electrons. The lowest BCUT2D eigenvalue weighted by molar-refractivity contribution is -0.878. The molecule has 0 radical (unpaired) electrons. The monoisotopic (exact) mass is 865 g/mol. The van der Waals surface area contributed by atoms with Crippen molar-refractivity contribution in [3.05, 3.63) is 76.5 Å². The molecule has 61 heavy (non-hydrogen) atoms. The Hall–Kier alpha value is -5.88. The summed E-state index contributed by atoms with van der Waals surface area (Å²) in [5, 5.41) is 10.2. The van der Waals surface area contributed by atoms with E-state index >= 15 is 8.78 Å². The van der Waals surface area contributed by atoms with E-state index in [9.17, 15) is 19.2 Å². The average Bonchev–Trinajstić information content (AvgIpc) is 4.06. The van der Waals surface area contributed by atoms with E-state index in [0.717, 1.165) is 49.9 Å². The fraction of sp³-hybridized carbons (Fsp3) is 0.452. The Morgan fingerprint density at radius 1 is 0.951 bits per heavy atom. The predicted molar refractivity (Wildman–Crippen MR) is 224 cm³/mol. The van der Waals surface area contributed by atoms with Crippen LogP contribution in [-0.4, -0.2) is 149 Å². The summed E-state index contributed by atoms with van der Waals surface area (Å²) in [5.41, 5.74) is 1.62. The van der Waals surface area contributed by atoms with Gasteiger partial charge in [0, 0.05) is 87.9 Å². The van der Waals surface area contributed by atoms with Gasteiger partial charge in [0.1, 0.15) is 0 Å². The summed E-state index contributed by atoms with van der Waals surface area (Å²) in [7, 11) is 7.10. The van der Waals surface area contributed by atoms with Crippen LogP contribution in [0.4, 0.5) is 19.3 Å². The fourth-order valence-electron chi connectivity index (χ4n) is 8.03. The number of aromatic nitrogens is 4. The van der Waals surface area contributed by atoms with Crippen LogP contribution >= 0.6 is 11.6 Å². The van der Waals surface area contributed by atoms with Gasteiger partial charge < -0.3 is 39.1 Å². The molecule has 2 aromatic heterocycles. The van der Waals surface area contributed by atoms with Crippen molar-refractivity contribution in [1.82, 2.24) is 39.3 Å². The van der Waals surface area contributed by atoms with Crippen LogP contribution in [0.5, 0.6) is 0 Å². The first-order valence-corrected chi connectivity index (χ1v) is 20.5. The molecule has 3 fully saturated rings. The maximum absolute atomic E-state index is 15.7. The number of amides is 5. The minimum absolute atomic E-state index is 0.0125. The first-order valence-electron chi connectivity index (χ1n) is 20.2. The van der Waals surface area contributed by atoms with Crippen molar-refractivity contribution in [2.75, 3.05) is 85.4 Å². The van der Waals surface area contributed by atoms with Crippen molar-refractivity contribution in [1.29, 1.82) is 0 Å². The number of carbonyl (C=O) groups excluding carboxylic acids is 5. The summed E-state index contributed by atoms with van der Waals surface area (Å²) in [6.45, 7) is 7.75. The molecule has 5 heterocycles. The van der Waals surface area contributed by atoms with Crippen LogP contribution in [0.2, 0.25) is 5.02 Å². The van der Waals surface area contributed by atoms with Crippen molar-refractivity contribution >= 4 is 47.5 Å². The standard InChI is InChI=1S/C40H47ClF2N10O4.C2H4O2/c1-25-31(23-52(47-25)15-12-44-40(57)51-13-5-6-14-51)28-9-10-30(35(43)34(28)42)33-22-45-36(48(33)2)37(54)46-27-7-8-29(32(41)21-27)39(56)50-18-16-49(17-19-50)38(55)26-11-20-53(3,4)24-26;1-4-2-3/h7-10,21-23,26H,5-6,11-20,24H2,1-4H3,(H-,44,46,54,56,57);2H,1H3/p+1. The van der Waals surface area contributed by atoms with Crippen molar-refractivity contribution in [2.24, 2.45) is 13.0 Å². The average molecular weight is 866 g/mol. The molecule has 1 atom stereocenters. The molecule has 0 bridgehead atoms. The molecule has 0 saturated carbocycles. The molecule has 4 aromatic rings. The van der Waals surface area contributed by atoms with Gasteiger partial charge in [-0.25, -0.2) is 18.6 Å². The Bertz CT molecular complexity index is 2280. The Morgan fingerprint density at radius 3 is 2.25 bits per heavy atom. The molecule has 3 aliphatic rings. The maximum atomic E-state index is 15.7. The van der Waals surface area contributed by atoms with Gasteiger partial charge in [-0.3, -0.25) is 23.9 Å². The Labute approximate surface area is 358 Å². The van der Waals surface area contributed by atoms with Gasteiger partial charge in [0.2, 0.25) is 5.91 Å². The second-order valence-electron chi connectivity index (χ2n) is 16.1. The molecular weight excluding hydrogens is 814 g/mol. The van der Waals surface area contributed by atoms with Gasteiger partial charge in [0.15, 0.2) is 17.5 Å². The molecule has 3 aliphatic heterocycles. The van der Waals surface area contributed by atoms with Crippen molar-refractivity contribution in [3.8, 4) is 22.4 Å². The molecule has 0 aliphatic carbocycles. The maximum Gasteiger partial charge on any atom is 0.317 e. The molecule has 1 unspecified atom stereocenters. The Balaban J connectivity index is 0.00000149. The number of benzene rings is 2. The largest absolute Gasteiger partial charge is 0.471 e. The minimum Gasteiger partial charge on any atom is -0.471 e. The van der Waals surface area contributed by atoms with Crippen molar-refractivity contribution in [2.45, 2.75) is 32.7 Å². The van der Waals surface area contributed by atoms with Gasteiger partial charge in [-0.15, -0.1) is 0 Å². The van der Waals surface area contributed by atoms with E-state index in [0.29, 0.717) is 62.7 Å². The van der Waals surface area contributed by atoms with Gasteiger partial charge in [-0.2, -0.15) is 5.10 Å². The van der Waals surface area contributed by atoms with Gasteiger partial charge >= 0.3 is 6.03 Å². The van der Waals surface area contributed by atoms with E-state index in [-0.39, 0.29) is 57.0 Å². The Kier molecular flexibility index (Phi) is 14.1. The summed E-state index contributed by atoms with van der Waals surface area (Å²) in [4.78, 5) is 70.6. The van der Waals surface area contributed by atoms with E-state index in [2.05, 4.69) is 39.5 Å². The smallest absolute Gasteiger partial charge is 0.317 e. The number of ether oxygens (including phenoxy) is 1. The summed E-state index contributed by atoms with van der Waals surface area (Å²) in [5.74, 6) is -2.96. The molecule has 0 spiro atoms. The Morgan fingerprint density at radius 2 is 1.61 bits per heavy atom. The molecule has 7 rings (SSSR count). The number of urea groups is 1. The topological polar surface area (TPSA) is 164 Å². The summed E-state index contributed by atoms with van der Waals surface area (Å²) in [6, 6.07) is 7.34. The zero-order chi connectivity index (χ0) is 44.0. The van der Waals surface area contributed by atoms with Crippen LogP contribution in [0.3, 0.4) is 0 Å². The number of aryl methyl sites for hydroxylation is 1. The number of quaternary nitrogens is 1. The van der Waals surface area contributed by atoms with Gasteiger partial charge in [0.05, 0.1) is 74.9 Å². The molecule has 2 N–H and O–H groups in total. The lowest BCUT2D eigenvalue weighted by Gasteiger charge is -2.36. The fourth-order valence-corrected chi connectivity index (χ4v) is 8.29. The number of hydrogen-bond acceptors (Lipinski definition) is 8. The number of methoxy groups -OCH3 is 1. The van der Waals surface area contributed by atoms with Gasteiger partial charge in [-0.1, -0.05) is 17.7 Å². The third-order valence-electron chi connectivity index (χ3n) is 11.4. The highest BCUT2D eigenvalue weighted by Crippen LogP contribution is 2.33. The molecular formula is C42H52ClF2N10O6+. The van der Waals surface area contributed by atoms with Gasteiger partial charge in [0.25, 0.3) is 18.3 Å². The second-order valence-corrected chi connectivity index (χ2v) is 16.5. The van der Waals surface area contributed by atoms with Gasteiger partial charge in [-0.05, 0) is 44.0 Å². The van der Waals surface area contributed by atoms with Crippen LogP contribution in [0.1, 0.15) is 45.9 Å². The molecule has 16 nitrogen and oxygen atoms in total. The third-order valence-corrected chi connectivity index (χ3v) is 11.7. The molecule has 19 heteroatoms. The lowest BCUT2D eigenvalue weighted by Crippen LogP contribution is -2.52. The molecule has 5 amide bonds. The number of piperazine rings is 1. The van der Waals surface area contributed by atoms with E-state index in [1.54, 1.807) is 39.7 Å². The first kappa shape index (κ1) is 44.7. The molecule has 2 aromatic carbocycles. The lowest BCUT2D eigenvalue weighted by atomic mass is 10.0. The predicted octanol–water partition coefficient (Wildman–Crippen LogP) is 4.42. The van der Waals surface area contributed by atoms with Crippen LogP contribution in [0, 0.1) is 24.5 Å². The highest BCUT2D eigenvalue weighted by molar-refractivity contribution is 6.34.